The Kier molecular flexibility index (Phi) is 2.33. The van der Waals surface area contributed by atoms with Gasteiger partial charge in [-0.25, -0.2) is 0 Å². The minimum absolute atomic E-state index is 0.929. The van der Waals surface area contributed by atoms with Crippen LogP contribution in [-0.4, -0.2) is 14.2 Å². The molecule has 0 saturated heterocycles. The fourth-order valence-electron chi connectivity index (χ4n) is 1.46. The molecule has 0 bridgehead atoms. The van der Waals surface area contributed by atoms with Crippen molar-refractivity contribution in [3.8, 4) is 10.8 Å². The van der Waals surface area contributed by atoms with E-state index < -0.39 is 0 Å². The minimum atomic E-state index is 0.929. The zero-order valence-corrected chi connectivity index (χ0v) is 9.27. The maximum Gasteiger partial charge on any atom is 0.174 e. The number of aryl methyl sites for hydroxylation is 1. The number of hydrogen-bond acceptors (Lipinski definition) is 3. The van der Waals surface area contributed by atoms with E-state index in [1.54, 1.807) is 25.6 Å². The van der Waals surface area contributed by atoms with Gasteiger partial charge in [0.05, 0.1) is 14.2 Å². The number of ether oxygens (including phenoxy) is 2. The van der Waals surface area contributed by atoms with E-state index in [0.29, 0.717) is 0 Å². The van der Waals surface area contributed by atoms with Crippen LogP contribution in [0.5, 0.6) is 10.8 Å². The second-order valence-electron chi connectivity index (χ2n) is 3.13. The zero-order valence-electron chi connectivity index (χ0n) is 8.46. The number of fused-ring (bicyclic) bond motifs is 1. The largest absolute Gasteiger partial charge is 0.496 e. The lowest BCUT2D eigenvalue weighted by atomic mass is 10.2. The fourth-order valence-corrected chi connectivity index (χ4v) is 2.42. The molecule has 0 atom stereocenters. The Morgan fingerprint density at radius 3 is 2.50 bits per heavy atom. The monoisotopic (exact) mass is 208 g/mol. The molecular weight excluding hydrogens is 196 g/mol. The van der Waals surface area contributed by atoms with Crippen LogP contribution in [0.1, 0.15) is 5.56 Å². The summed E-state index contributed by atoms with van der Waals surface area (Å²) in [6, 6.07) is 6.20. The highest BCUT2D eigenvalue weighted by atomic mass is 32.1. The Balaban J connectivity index is 2.64. The van der Waals surface area contributed by atoms with Gasteiger partial charge in [-0.3, -0.25) is 0 Å². The van der Waals surface area contributed by atoms with Crippen LogP contribution in [0, 0.1) is 6.92 Å². The molecule has 0 N–H and O–H groups in total. The highest BCUT2D eigenvalue weighted by molar-refractivity contribution is 7.20. The van der Waals surface area contributed by atoms with Gasteiger partial charge in [-0.1, -0.05) is 11.3 Å². The molecule has 2 nitrogen and oxygen atoms in total. The molecule has 0 aliphatic heterocycles. The summed E-state index contributed by atoms with van der Waals surface area (Å²) >= 11 is 1.65. The number of thiophene rings is 1. The molecule has 2 aromatic rings. The Hall–Kier alpha value is -1.22. The van der Waals surface area contributed by atoms with Crippen molar-refractivity contribution in [1.29, 1.82) is 0 Å². The lowest BCUT2D eigenvalue weighted by molar-refractivity contribution is 0.412. The van der Waals surface area contributed by atoms with Crippen LogP contribution in [0.15, 0.2) is 18.2 Å². The number of hydrogen-bond donors (Lipinski definition) is 0. The van der Waals surface area contributed by atoms with Gasteiger partial charge in [0, 0.05) is 4.70 Å². The highest BCUT2D eigenvalue weighted by Crippen LogP contribution is 2.35. The molecule has 74 valence electrons. The maximum atomic E-state index is 5.26. The molecule has 0 unspecified atom stereocenters. The molecule has 3 heteroatoms. The molecule has 0 amide bonds. The molecule has 1 aromatic carbocycles. The lowest BCUT2D eigenvalue weighted by Crippen LogP contribution is -1.85. The molecule has 14 heavy (non-hydrogen) atoms. The number of methoxy groups -OCH3 is 2. The summed E-state index contributed by atoms with van der Waals surface area (Å²) in [5, 5.41) is 2.11. The van der Waals surface area contributed by atoms with Crippen LogP contribution >= 0.6 is 11.3 Å². The van der Waals surface area contributed by atoms with Crippen molar-refractivity contribution in [2.75, 3.05) is 14.2 Å². The molecule has 0 aliphatic rings. The summed E-state index contributed by atoms with van der Waals surface area (Å²) in [6.45, 7) is 2.05. The van der Waals surface area contributed by atoms with E-state index in [1.165, 1.54) is 10.1 Å². The predicted molar refractivity (Wildman–Crippen MR) is 59.7 cm³/mol. The van der Waals surface area contributed by atoms with Gasteiger partial charge in [-0.05, 0) is 36.1 Å². The van der Waals surface area contributed by atoms with E-state index in [2.05, 4.69) is 6.07 Å². The summed E-state index contributed by atoms with van der Waals surface area (Å²) in [5.74, 6) is 0.929. The van der Waals surface area contributed by atoms with Crippen molar-refractivity contribution in [3.63, 3.8) is 0 Å². The standard InChI is InChI=1S/C11H12O2S/c1-7-4-10-8(5-9(7)12-2)6-11(13-3)14-10/h4-6H,1-3H3. The predicted octanol–water partition coefficient (Wildman–Crippen LogP) is 3.23. The van der Waals surface area contributed by atoms with Crippen molar-refractivity contribution in [2.24, 2.45) is 0 Å². The first-order chi connectivity index (χ1) is 6.74. The van der Waals surface area contributed by atoms with Crippen molar-refractivity contribution >= 4 is 21.4 Å². The highest BCUT2D eigenvalue weighted by Gasteiger charge is 2.05. The summed E-state index contributed by atoms with van der Waals surface area (Å²) in [7, 11) is 3.38. The number of rotatable bonds is 2. The first-order valence-corrected chi connectivity index (χ1v) is 5.18. The Morgan fingerprint density at radius 2 is 1.86 bits per heavy atom. The van der Waals surface area contributed by atoms with Crippen LogP contribution < -0.4 is 9.47 Å². The van der Waals surface area contributed by atoms with E-state index >= 15 is 0 Å². The van der Waals surface area contributed by atoms with Crippen LogP contribution in [0.25, 0.3) is 10.1 Å². The average molecular weight is 208 g/mol. The van der Waals surface area contributed by atoms with Crippen molar-refractivity contribution in [2.45, 2.75) is 6.92 Å². The van der Waals surface area contributed by atoms with Gasteiger partial charge in [-0.2, -0.15) is 0 Å². The Labute approximate surface area is 87.1 Å². The molecule has 0 saturated carbocycles. The number of benzene rings is 1. The van der Waals surface area contributed by atoms with E-state index in [4.69, 9.17) is 9.47 Å². The third-order valence-corrected chi connectivity index (χ3v) is 3.27. The molecule has 0 aliphatic carbocycles. The smallest absolute Gasteiger partial charge is 0.174 e. The Bertz CT molecular complexity index is 460. The molecule has 1 aromatic heterocycles. The maximum absolute atomic E-state index is 5.26. The third-order valence-electron chi connectivity index (χ3n) is 2.21. The van der Waals surface area contributed by atoms with Crippen LogP contribution in [-0.2, 0) is 0 Å². The van der Waals surface area contributed by atoms with Gasteiger partial charge in [0.1, 0.15) is 5.75 Å². The van der Waals surface area contributed by atoms with E-state index in [-0.39, 0.29) is 0 Å². The average Bonchev–Trinajstić information content (AvgIpc) is 2.58. The van der Waals surface area contributed by atoms with Crippen LogP contribution in [0.4, 0.5) is 0 Å². The van der Waals surface area contributed by atoms with Gasteiger partial charge in [0.25, 0.3) is 0 Å². The Morgan fingerprint density at radius 1 is 1.07 bits per heavy atom. The van der Waals surface area contributed by atoms with Crippen LogP contribution in [0.3, 0.4) is 0 Å². The molecule has 0 spiro atoms. The van der Waals surface area contributed by atoms with Gasteiger partial charge in [-0.15, -0.1) is 0 Å². The van der Waals surface area contributed by atoms with Crippen LogP contribution in [0.2, 0.25) is 0 Å². The second-order valence-corrected chi connectivity index (χ2v) is 4.18. The summed E-state index contributed by atoms with van der Waals surface area (Å²) in [6.07, 6.45) is 0. The van der Waals surface area contributed by atoms with Crippen molar-refractivity contribution in [1.82, 2.24) is 0 Å². The van der Waals surface area contributed by atoms with Gasteiger partial charge >= 0.3 is 0 Å². The quantitative estimate of drug-likeness (QED) is 0.754. The van der Waals surface area contributed by atoms with E-state index in [9.17, 15) is 0 Å². The second kappa shape index (κ2) is 3.50. The van der Waals surface area contributed by atoms with Gasteiger partial charge in [0.15, 0.2) is 5.06 Å². The first kappa shape index (κ1) is 9.34. The first-order valence-electron chi connectivity index (χ1n) is 4.37. The summed E-state index contributed by atoms with van der Waals surface area (Å²) in [4.78, 5) is 0. The summed E-state index contributed by atoms with van der Waals surface area (Å²) < 4.78 is 11.7. The molecule has 0 fully saturated rings. The summed E-state index contributed by atoms with van der Waals surface area (Å²) in [5.41, 5.74) is 1.16. The SMILES string of the molecule is COc1cc2cc(OC)c(C)cc2s1. The zero-order chi connectivity index (χ0) is 10.1. The van der Waals surface area contributed by atoms with Gasteiger partial charge in [0.2, 0.25) is 0 Å². The lowest BCUT2D eigenvalue weighted by Gasteiger charge is -2.03. The van der Waals surface area contributed by atoms with Gasteiger partial charge < -0.3 is 9.47 Å². The normalized spacial score (nSPS) is 10.5. The van der Waals surface area contributed by atoms with Crippen molar-refractivity contribution < 1.29 is 9.47 Å². The van der Waals surface area contributed by atoms with E-state index in [0.717, 1.165) is 16.4 Å². The molecule has 1 heterocycles. The third kappa shape index (κ3) is 1.44. The van der Waals surface area contributed by atoms with E-state index in [1.807, 2.05) is 19.1 Å². The molecule has 0 radical (unpaired) electrons. The fraction of sp³-hybridized carbons (Fsp3) is 0.273. The topological polar surface area (TPSA) is 18.5 Å². The molecular formula is C11H12O2S. The minimum Gasteiger partial charge on any atom is -0.496 e. The molecule has 2 rings (SSSR count). The van der Waals surface area contributed by atoms with Crippen molar-refractivity contribution in [3.05, 3.63) is 23.8 Å².